The van der Waals surface area contributed by atoms with Gasteiger partial charge in [-0.2, -0.15) is 0 Å². The van der Waals surface area contributed by atoms with Gasteiger partial charge in [-0.25, -0.2) is 4.57 Å². The number of hydrogen-bond acceptors (Lipinski definition) is 9. The van der Waals surface area contributed by atoms with E-state index in [2.05, 4.69) is 38.2 Å². The zero-order valence-electron chi connectivity index (χ0n) is 30.2. The molecular weight excluding hydrogens is 635 g/mol. The van der Waals surface area contributed by atoms with Crippen molar-refractivity contribution in [3.63, 3.8) is 0 Å². The minimum Gasteiger partial charge on any atom is -0.457 e. The molecule has 0 aromatic carbocycles. The molecule has 3 atom stereocenters. The van der Waals surface area contributed by atoms with Gasteiger partial charge in [0.2, 0.25) is 0 Å². The van der Waals surface area contributed by atoms with E-state index in [1.165, 1.54) is 57.8 Å². The molecule has 0 spiro atoms. The molecule has 282 valence electrons. The number of phosphoric ester groups is 1. The molecule has 0 aliphatic rings. The summed E-state index contributed by atoms with van der Waals surface area (Å²) in [5.41, 5.74) is 0. The summed E-state index contributed by atoms with van der Waals surface area (Å²) in [6.45, 7) is 2.12. The Morgan fingerprint density at radius 2 is 0.938 bits per heavy atom. The third-order valence-corrected chi connectivity index (χ3v) is 8.87. The van der Waals surface area contributed by atoms with Crippen LogP contribution in [0.15, 0.2) is 24.3 Å². The molecule has 0 fully saturated rings. The Labute approximate surface area is 291 Å². The van der Waals surface area contributed by atoms with E-state index in [1.54, 1.807) is 0 Å². The lowest BCUT2D eigenvalue weighted by Crippen LogP contribution is -2.28. The summed E-state index contributed by atoms with van der Waals surface area (Å²) < 4.78 is 32.4. The van der Waals surface area contributed by atoms with Crippen molar-refractivity contribution in [2.45, 2.75) is 174 Å². The maximum absolute atomic E-state index is 12.3. The van der Waals surface area contributed by atoms with Gasteiger partial charge >= 0.3 is 19.8 Å². The maximum atomic E-state index is 12.3. The molecule has 3 N–H and O–H groups in total. The van der Waals surface area contributed by atoms with Crippen molar-refractivity contribution in [1.29, 1.82) is 0 Å². The monoisotopic (exact) mass is 704 g/mol. The normalized spacial score (nSPS) is 14.4. The minimum absolute atomic E-state index is 0.177. The van der Waals surface area contributed by atoms with Crippen LogP contribution in [0.1, 0.15) is 162 Å². The molecule has 0 bridgehead atoms. The van der Waals surface area contributed by atoms with E-state index in [4.69, 9.17) is 18.5 Å². The molecule has 0 heterocycles. The number of hydrogen-bond donors (Lipinski definition) is 3. The highest BCUT2D eigenvalue weighted by Gasteiger charge is 2.27. The van der Waals surface area contributed by atoms with Gasteiger partial charge in [-0.1, -0.05) is 134 Å². The van der Waals surface area contributed by atoms with E-state index in [0.29, 0.717) is 12.8 Å². The molecule has 10 nitrogen and oxygen atoms in total. The standard InChI is InChI=1S/C37H69O10P/c1-3-5-7-9-11-13-15-16-17-19-21-23-25-27-29-37(41)47-35(31-39)33-45-48(42,43)44-32-34(30-38)46-36(40)28-26-24-22-20-18-14-12-10-8-6-4-2/h9,11,15-16,34-35,38-39H,3-8,10,12-14,17-33H2,1-2H3,(H,42,43)/b11-9-,16-15-. The maximum Gasteiger partial charge on any atom is 0.472 e. The van der Waals surface area contributed by atoms with Crippen LogP contribution in [0.25, 0.3) is 0 Å². The SMILES string of the molecule is CCCC/C=C\C/C=C\CCCCCCCC(=O)OC(CO)COP(=O)(O)OCC(CO)OC(=O)CCCCCCCCCCCCC. The number of aliphatic hydroxyl groups excluding tert-OH is 2. The molecule has 0 aromatic rings. The van der Waals surface area contributed by atoms with Crippen LogP contribution in [-0.4, -0.2) is 65.7 Å². The molecule has 11 heteroatoms. The predicted molar refractivity (Wildman–Crippen MR) is 191 cm³/mol. The highest BCUT2D eigenvalue weighted by molar-refractivity contribution is 7.47. The van der Waals surface area contributed by atoms with Gasteiger partial charge in [-0.15, -0.1) is 0 Å². The summed E-state index contributed by atoms with van der Waals surface area (Å²) in [5, 5.41) is 19.1. The molecule has 3 unspecified atom stereocenters. The number of allylic oxidation sites excluding steroid dienone is 4. The molecule has 0 aromatic heterocycles. The lowest BCUT2D eigenvalue weighted by Gasteiger charge is -2.20. The topological polar surface area (TPSA) is 149 Å². The molecule has 0 rings (SSSR count). The van der Waals surface area contributed by atoms with Gasteiger partial charge in [0, 0.05) is 12.8 Å². The lowest BCUT2D eigenvalue weighted by molar-refractivity contribution is -0.153. The summed E-state index contributed by atoms with van der Waals surface area (Å²) in [6, 6.07) is 0. The van der Waals surface area contributed by atoms with Gasteiger partial charge in [0.05, 0.1) is 26.4 Å². The molecule has 0 amide bonds. The highest BCUT2D eigenvalue weighted by atomic mass is 31.2. The van der Waals surface area contributed by atoms with Crippen molar-refractivity contribution < 1.29 is 47.8 Å². The summed E-state index contributed by atoms with van der Waals surface area (Å²) in [5.74, 6) is -1.03. The minimum atomic E-state index is -4.63. The molecular formula is C37H69O10P. The van der Waals surface area contributed by atoms with Crippen molar-refractivity contribution in [2.75, 3.05) is 26.4 Å². The first-order valence-corrected chi connectivity index (χ1v) is 20.3. The number of carbonyl (C=O) groups is 2. The first-order valence-electron chi connectivity index (χ1n) is 18.8. The van der Waals surface area contributed by atoms with E-state index >= 15 is 0 Å². The molecule has 0 aliphatic carbocycles. The second kappa shape index (κ2) is 33.9. The van der Waals surface area contributed by atoms with Gasteiger partial charge in [0.1, 0.15) is 12.2 Å². The quantitative estimate of drug-likeness (QED) is 0.0252. The number of rotatable bonds is 35. The van der Waals surface area contributed by atoms with E-state index in [9.17, 15) is 29.3 Å². The zero-order chi connectivity index (χ0) is 35.6. The van der Waals surface area contributed by atoms with Gasteiger partial charge in [0.25, 0.3) is 0 Å². The summed E-state index contributed by atoms with van der Waals surface area (Å²) in [4.78, 5) is 34.3. The summed E-state index contributed by atoms with van der Waals surface area (Å²) >= 11 is 0. The number of carbonyl (C=O) groups excluding carboxylic acids is 2. The van der Waals surface area contributed by atoms with E-state index in [0.717, 1.165) is 64.2 Å². The highest BCUT2D eigenvalue weighted by Crippen LogP contribution is 2.43. The van der Waals surface area contributed by atoms with Crippen LogP contribution in [0.5, 0.6) is 0 Å². The summed E-state index contributed by atoms with van der Waals surface area (Å²) in [7, 11) is -4.63. The van der Waals surface area contributed by atoms with Crippen molar-refractivity contribution in [3.05, 3.63) is 24.3 Å². The van der Waals surface area contributed by atoms with Crippen molar-refractivity contribution >= 4 is 19.8 Å². The van der Waals surface area contributed by atoms with Gasteiger partial charge in [0.15, 0.2) is 0 Å². The van der Waals surface area contributed by atoms with Gasteiger partial charge < -0.3 is 24.6 Å². The average molecular weight is 705 g/mol. The Bertz CT molecular complexity index is 863. The molecule has 48 heavy (non-hydrogen) atoms. The van der Waals surface area contributed by atoms with Crippen molar-refractivity contribution in [3.8, 4) is 0 Å². The van der Waals surface area contributed by atoms with E-state index in [1.807, 2.05) is 0 Å². The van der Waals surface area contributed by atoms with Gasteiger partial charge in [-0.3, -0.25) is 18.6 Å². The number of esters is 2. The number of phosphoric acid groups is 1. The smallest absolute Gasteiger partial charge is 0.457 e. The largest absolute Gasteiger partial charge is 0.472 e. The van der Waals surface area contributed by atoms with Crippen LogP contribution >= 0.6 is 7.82 Å². The fourth-order valence-corrected chi connectivity index (χ4v) is 5.74. The van der Waals surface area contributed by atoms with E-state index in [-0.39, 0.29) is 12.8 Å². The Balaban J connectivity index is 4.01. The first kappa shape index (κ1) is 46.5. The number of aliphatic hydroxyl groups is 2. The fraction of sp³-hybridized carbons (Fsp3) is 0.838. The van der Waals surface area contributed by atoms with Crippen LogP contribution < -0.4 is 0 Å². The second-order valence-corrected chi connectivity index (χ2v) is 14.0. The van der Waals surface area contributed by atoms with Crippen LogP contribution in [0.2, 0.25) is 0 Å². The van der Waals surface area contributed by atoms with Crippen LogP contribution in [0, 0.1) is 0 Å². The molecule has 0 radical (unpaired) electrons. The summed E-state index contributed by atoms with van der Waals surface area (Å²) in [6.07, 6.45) is 30.1. The van der Waals surface area contributed by atoms with E-state index < -0.39 is 58.4 Å². The average Bonchev–Trinajstić information content (AvgIpc) is 3.07. The number of unbranched alkanes of at least 4 members (excludes halogenated alkanes) is 17. The fourth-order valence-electron chi connectivity index (χ4n) is 4.95. The zero-order valence-corrected chi connectivity index (χ0v) is 31.1. The predicted octanol–water partition coefficient (Wildman–Crippen LogP) is 9.05. The Morgan fingerprint density at radius 3 is 1.35 bits per heavy atom. The van der Waals surface area contributed by atoms with Crippen LogP contribution in [0.4, 0.5) is 0 Å². The molecule has 0 saturated carbocycles. The van der Waals surface area contributed by atoms with Crippen molar-refractivity contribution in [1.82, 2.24) is 0 Å². The Morgan fingerprint density at radius 1 is 0.562 bits per heavy atom. The van der Waals surface area contributed by atoms with Crippen molar-refractivity contribution in [2.24, 2.45) is 0 Å². The van der Waals surface area contributed by atoms with Crippen LogP contribution in [-0.2, 0) is 32.7 Å². The molecule has 0 saturated heterocycles. The first-order chi connectivity index (χ1) is 23.3. The number of ether oxygens (including phenoxy) is 2. The Kier molecular flexibility index (Phi) is 32.8. The lowest BCUT2D eigenvalue weighted by atomic mass is 10.1. The third-order valence-electron chi connectivity index (χ3n) is 7.92. The van der Waals surface area contributed by atoms with Gasteiger partial charge in [-0.05, 0) is 38.5 Å². The van der Waals surface area contributed by atoms with Crippen LogP contribution in [0.3, 0.4) is 0 Å². The third kappa shape index (κ3) is 31.7. The Hall–Kier alpha value is -1.55. The second-order valence-electron chi connectivity index (χ2n) is 12.6. The molecule has 0 aliphatic heterocycles.